The summed E-state index contributed by atoms with van der Waals surface area (Å²) >= 11 is 0. The van der Waals surface area contributed by atoms with Crippen LogP contribution < -0.4 is 9.47 Å². The van der Waals surface area contributed by atoms with Crippen molar-refractivity contribution in [3.05, 3.63) is 17.3 Å². The molecule has 22 heavy (non-hydrogen) atoms. The maximum Gasteiger partial charge on any atom is 0.574 e. The summed E-state index contributed by atoms with van der Waals surface area (Å²) in [5.74, 6) is -3.07. The third kappa shape index (κ3) is 4.67. The lowest BCUT2D eigenvalue weighted by Gasteiger charge is -2.17. The fourth-order valence-corrected chi connectivity index (χ4v) is 1.43. The second-order valence-electron chi connectivity index (χ2n) is 3.79. The van der Waals surface area contributed by atoms with E-state index in [1.165, 1.54) is 0 Å². The average Bonchev–Trinajstić information content (AvgIpc) is 2.37. The number of rotatable bonds is 4. The van der Waals surface area contributed by atoms with Crippen LogP contribution >= 0.6 is 0 Å². The second kappa shape index (κ2) is 6.28. The summed E-state index contributed by atoms with van der Waals surface area (Å²) in [5, 5.41) is 0. The number of aromatic nitrogens is 1. The van der Waals surface area contributed by atoms with Gasteiger partial charge in [-0.15, -0.1) is 13.2 Å². The minimum absolute atomic E-state index is 0.363. The first-order chi connectivity index (χ1) is 9.97. The first-order valence-corrected chi connectivity index (χ1v) is 5.45. The molecule has 5 nitrogen and oxygen atoms in total. The minimum Gasteiger partial charge on any atom is -0.496 e. The number of carbonyl (C=O) groups excluding carboxylic acids is 1. The van der Waals surface area contributed by atoms with E-state index in [0.29, 0.717) is 6.07 Å². The van der Waals surface area contributed by atoms with Crippen LogP contribution in [0.5, 0.6) is 11.6 Å². The summed E-state index contributed by atoms with van der Waals surface area (Å²) in [5.41, 5.74) is -2.27. The van der Waals surface area contributed by atoms with Crippen LogP contribution in [-0.2, 0) is 22.1 Å². The molecule has 0 saturated heterocycles. The fraction of sp³-hybridized carbons (Fsp3) is 0.455. The van der Waals surface area contributed by atoms with Gasteiger partial charge in [0.15, 0.2) is 5.69 Å². The van der Waals surface area contributed by atoms with E-state index in [2.05, 4.69) is 19.2 Å². The standard InChI is InChI=1S/C11H9F6NO4/c1-20-6-4-7(10(12,13)14)18-9(22-11(15,16)17)5(6)3-8(19)21-2/h4H,3H2,1-2H3. The van der Waals surface area contributed by atoms with E-state index in [-0.39, 0.29) is 0 Å². The number of carbonyl (C=O) groups is 1. The molecule has 0 N–H and O–H groups in total. The molecule has 1 rings (SSSR count). The summed E-state index contributed by atoms with van der Waals surface area (Å²) in [4.78, 5) is 14.0. The molecule has 1 aromatic rings. The Hall–Kier alpha value is -2.20. The molecule has 0 bridgehead atoms. The van der Waals surface area contributed by atoms with Crippen LogP contribution in [0.1, 0.15) is 11.3 Å². The summed E-state index contributed by atoms with van der Waals surface area (Å²) in [6.45, 7) is 0. The number of esters is 1. The van der Waals surface area contributed by atoms with E-state index < -0.39 is 47.8 Å². The van der Waals surface area contributed by atoms with Gasteiger partial charge in [-0.05, 0) is 0 Å². The molecule has 0 aromatic carbocycles. The van der Waals surface area contributed by atoms with E-state index in [1.54, 1.807) is 0 Å². The van der Waals surface area contributed by atoms with Crippen molar-refractivity contribution in [1.82, 2.24) is 4.98 Å². The van der Waals surface area contributed by atoms with Crippen LogP contribution in [0.4, 0.5) is 26.3 Å². The first-order valence-electron chi connectivity index (χ1n) is 5.45. The van der Waals surface area contributed by atoms with Crippen LogP contribution in [0.25, 0.3) is 0 Å². The van der Waals surface area contributed by atoms with Gasteiger partial charge in [-0.2, -0.15) is 13.2 Å². The molecule has 0 radical (unpaired) electrons. The van der Waals surface area contributed by atoms with Crippen LogP contribution in [-0.4, -0.2) is 31.5 Å². The van der Waals surface area contributed by atoms with Gasteiger partial charge >= 0.3 is 18.5 Å². The van der Waals surface area contributed by atoms with Crippen LogP contribution in [0.2, 0.25) is 0 Å². The van der Waals surface area contributed by atoms with Crippen molar-refractivity contribution in [1.29, 1.82) is 0 Å². The van der Waals surface area contributed by atoms with E-state index in [9.17, 15) is 31.1 Å². The highest BCUT2D eigenvalue weighted by molar-refractivity contribution is 5.74. The quantitative estimate of drug-likeness (QED) is 0.626. The van der Waals surface area contributed by atoms with Crippen LogP contribution in [0.15, 0.2) is 6.07 Å². The van der Waals surface area contributed by atoms with Gasteiger partial charge in [0, 0.05) is 6.07 Å². The lowest BCUT2D eigenvalue weighted by molar-refractivity contribution is -0.276. The number of methoxy groups -OCH3 is 2. The van der Waals surface area contributed by atoms with Crippen molar-refractivity contribution in [2.24, 2.45) is 0 Å². The molecule has 0 unspecified atom stereocenters. The van der Waals surface area contributed by atoms with E-state index in [1.807, 2.05) is 0 Å². The lowest BCUT2D eigenvalue weighted by Crippen LogP contribution is -2.22. The molecule has 124 valence electrons. The Morgan fingerprint density at radius 2 is 1.77 bits per heavy atom. The highest BCUT2D eigenvalue weighted by Gasteiger charge is 2.38. The summed E-state index contributed by atoms with van der Waals surface area (Å²) in [7, 11) is 1.88. The fourth-order valence-electron chi connectivity index (χ4n) is 1.43. The number of alkyl halides is 6. The molecular weight excluding hydrogens is 324 g/mol. The predicted molar refractivity (Wildman–Crippen MR) is 58.2 cm³/mol. The van der Waals surface area contributed by atoms with E-state index >= 15 is 0 Å². The Bertz CT molecular complexity index is 555. The molecule has 11 heteroatoms. The van der Waals surface area contributed by atoms with Crippen molar-refractivity contribution in [3.63, 3.8) is 0 Å². The van der Waals surface area contributed by atoms with Gasteiger partial charge in [-0.25, -0.2) is 4.98 Å². The van der Waals surface area contributed by atoms with Gasteiger partial charge in [0.1, 0.15) is 5.75 Å². The monoisotopic (exact) mass is 333 g/mol. The molecular formula is C11H9F6NO4. The Balaban J connectivity index is 3.46. The van der Waals surface area contributed by atoms with Crippen molar-refractivity contribution in [2.75, 3.05) is 14.2 Å². The summed E-state index contributed by atoms with van der Waals surface area (Å²) in [6, 6.07) is 0.363. The Morgan fingerprint density at radius 1 is 1.18 bits per heavy atom. The minimum atomic E-state index is -5.30. The van der Waals surface area contributed by atoms with Gasteiger partial charge < -0.3 is 14.2 Å². The molecule has 0 aliphatic heterocycles. The van der Waals surface area contributed by atoms with Gasteiger partial charge in [0.05, 0.1) is 26.2 Å². The molecule has 0 aliphatic rings. The topological polar surface area (TPSA) is 57.7 Å². The largest absolute Gasteiger partial charge is 0.574 e. The normalized spacial score (nSPS) is 12.0. The number of hydrogen-bond acceptors (Lipinski definition) is 5. The highest BCUT2D eigenvalue weighted by atomic mass is 19.4. The molecule has 1 aromatic heterocycles. The molecule has 0 amide bonds. The Morgan fingerprint density at radius 3 is 2.18 bits per heavy atom. The molecule has 0 aliphatic carbocycles. The van der Waals surface area contributed by atoms with Crippen molar-refractivity contribution >= 4 is 5.97 Å². The molecule has 0 atom stereocenters. The second-order valence-corrected chi connectivity index (χ2v) is 3.79. The highest BCUT2D eigenvalue weighted by Crippen LogP contribution is 2.37. The SMILES string of the molecule is COC(=O)Cc1c(OC)cc(C(F)(F)F)nc1OC(F)(F)F. The summed E-state index contributed by atoms with van der Waals surface area (Å²) in [6.07, 6.45) is -11.1. The lowest BCUT2D eigenvalue weighted by atomic mass is 10.1. The van der Waals surface area contributed by atoms with Crippen LogP contribution in [0, 0.1) is 0 Å². The Kier molecular flexibility index (Phi) is 5.09. The van der Waals surface area contributed by atoms with Crippen molar-refractivity contribution < 1.29 is 45.3 Å². The molecule has 1 heterocycles. The number of pyridine rings is 1. The number of ether oxygens (including phenoxy) is 3. The van der Waals surface area contributed by atoms with Gasteiger partial charge in [0.2, 0.25) is 5.88 Å². The zero-order valence-corrected chi connectivity index (χ0v) is 11.1. The average molecular weight is 333 g/mol. The summed E-state index contributed by atoms with van der Waals surface area (Å²) < 4.78 is 87.1. The van der Waals surface area contributed by atoms with Crippen molar-refractivity contribution in [2.45, 2.75) is 19.0 Å². The van der Waals surface area contributed by atoms with Gasteiger partial charge in [0.25, 0.3) is 0 Å². The third-order valence-electron chi connectivity index (χ3n) is 2.32. The molecule has 0 fully saturated rings. The zero-order valence-electron chi connectivity index (χ0n) is 11.1. The van der Waals surface area contributed by atoms with Crippen LogP contribution in [0.3, 0.4) is 0 Å². The Labute approximate surface area is 119 Å². The van der Waals surface area contributed by atoms with Gasteiger partial charge in [-0.3, -0.25) is 4.79 Å². The van der Waals surface area contributed by atoms with Crippen molar-refractivity contribution in [3.8, 4) is 11.6 Å². The van der Waals surface area contributed by atoms with Gasteiger partial charge in [-0.1, -0.05) is 0 Å². The van der Waals surface area contributed by atoms with E-state index in [4.69, 9.17) is 0 Å². The third-order valence-corrected chi connectivity index (χ3v) is 2.32. The predicted octanol–water partition coefficient (Wildman–Crippen LogP) is 2.72. The maximum absolute atomic E-state index is 12.6. The number of halogens is 6. The smallest absolute Gasteiger partial charge is 0.496 e. The molecule has 0 saturated carbocycles. The first kappa shape index (κ1) is 17.9. The zero-order chi connectivity index (χ0) is 17.1. The molecule has 0 spiro atoms. The number of hydrogen-bond donors (Lipinski definition) is 0. The van der Waals surface area contributed by atoms with E-state index in [0.717, 1.165) is 14.2 Å². The maximum atomic E-state index is 12.6. The number of nitrogens with zero attached hydrogens (tertiary/aromatic N) is 1.